The van der Waals surface area contributed by atoms with Crippen LogP contribution in [-0.2, 0) is 73.1 Å². The predicted molar refractivity (Wildman–Crippen MR) is 190 cm³/mol. The van der Waals surface area contributed by atoms with Gasteiger partial charge in [0.1, 0.15) is 25.6 Å². The van der Waals surface area contributed by atoms with Crippen molar-refractivity contribution in [1.29, 1.82) is 0 Å². The summed E-state index contributed by atoms with van der Waals surface area (Å²) in [7, 11) is 1.85. The summed E-state index contributed by atoms with van der Waals surface area (Å²) in [5.41, 5.74) is 1.43. The summed E-state index contributed by atoms with van der Waals surface area (Å²) in [5, 5.41) is 12.2. The number of esters is 4. The van der Waals surface area contributed by atoms with Gasteiger partial charge in [-0.15, -0.1) is 0 Å². The van der Waals surface area contributed by atoms with Crippen LogP contribution in [0.25, 0.3) is 16.6 Å². The standard InChI is InChI=1S/C38H44N2O16/c1-7-38(27(26(17-41)18-51-36(38)46)15-29-31-25(16-40(29)6)14-24-10-8-9-11-28(24)39-31)56-37(47)49-13-12-48-35-34(54-23(5)45)33(53-22(4)44)32(52-21(3)43)30(55-35)19-50-20(2)42/h8-11,14-15,17,30,32-36,46H,7,12-13,16,18-19H2,1-6H3. The molecule has 0 amide bonds. The molecule has 1 aromatic heterocycles. The molecular formula is C38H44N2O16. The Morgan fingerprint density at radius 3 is 2.29 bits per heavy atom. The third-order valence-corrected chi connectivity index (χ3v) is 9.21. The summed E-state index contributed by atoms with van der Waals surface area (Å²) in [6.45, 7) is 4.91. The Balaban J connectivity index is 1.34. The molecule has 7 atom stereocenters. The maximum Gasteiger partial charge on any atom is 0.509 e. The Morgan fingerprint density at radius 1 is 0.946 bits per heavy atom. The van der Waals surface area contributed by atoms with E-state index in [1.54, 1.807) is 13.0 Å². The molecule has 0 bridgehead atoms. The summed E-state index contributed by atoms with van der Waals surface area (Å²) in [4.78, 5) is 80.3. The highest BCUT2D eigenvalue weighted by Gasteiger charge is 2.53. The third-order valence-electron chi connectivity index (χ3n) is 9.21. The van der Waals surface area contributed by atoms with Crippen molar-refractivity contribution in [2.45, 2.75) is 90.2 Å². The molecule has 1 aromatic carbocycles. The van der Waals surface area contributed by atoms with E-state index in [2.05, 4.69) is 0 Å². The van der Waals surface area contributed by atoms with Crippen molar-refractivity contribution in [3.05, 3.63) is 58.8 Å². The van der Waals surface area contributed by atoms with E-state index in [4.69, 9.17) is 47.6 Å². The number of aldehydes is 1. The van der Waals surface area contributed by atoms with Crippen molar-refractivity contribution in [3.8, 4) is 0 Å². The van der Waals surface area contributed by atoms with Crippen molar-refractivity contribution >= 4 is 52.9 Å². The number of benzene rings is 1. The van der Waals surface area contributed by atoms with Gasteiger partial charge in [-0.1, -0.05) is 25.1 Å². The minimum atomic E-state index is -1.89. The highest BCUT2D eigenvalue weighted by Crippen LogP contribution is 2.41. The summed E-state index contributed by atoms with van der Waals surface area (Å²) in [5.74, 6) is -3.14. The van der Waals surface area contributed by atoms with Gasteiger partial charge in [-0.05, 0) is 30.2 Å². The molecule has 1 fully saturated rings. The minimum absolute atomic E-state index is 0.0390. The molecule has 3 aliphatic rings. The molecule has 302 valence electrons. The molecule has 3 aliphatic heterocycles. The fourth-order valence-electron chi connectivity index (χ4n) is 6.77. The van der Waals surface area contributed by atoms with E-state index in [1.165, 1.54) is 0 Å². The van der Waals surface area contributed by atoms with Gasteiger partial charge in [0.25, 0.3) is 0 Å². The molecule has 5 rings (SSSR count). The first-order valence-corrected chi connectivity index (χ1v) is 17.8. The van der Waals surface area contributed by atoms with E-state index < -0.39 is 92.5 Å². The van der Waals surface area contributed by atoms with Gasteiger partial charge in [-0.3, -0.25) is 24.0 Å². The van der Waals surface area contributed by atoms with Gasteiger partial charge in [0, 0.05) is 57.8 Å². The molecule has 4 heterocycles. The number of ether oxygens (including phenoxy) is 9. The first-order valence-electron chi connectivity index (χ1n) is 17.8. The lowest BCUT2D eigenvalue weighted by atomic mass is 9.83. The lowest BCUT2D eigenvalue weighted by molar-refractivity contribution is -0.309. The van der Waals surface area contributed by atoms with Crippen LogP contribution in [0.3, 0.4) is 0 Å². The number of carbonyl (C=O) groups excluding carboxylic acids is 6. The monoisotopic (exact) mass is 784 g/mol. The SMILES string of the molecule is CCC1(OC(=O)OCCOC2OC(COC(C)=O)C(OC(C)=O)C(OC(C)=O)C2OC(C)=O)C(C=C2c3nc4ccccc4cc3CN2C)=C(C=O)COC1O. The zero-order valence-corrected chi connectivity index (χ0v) is 31.7. The molecular weight excluding hydrogens is 740 g/mol. The van der Waals surface area contributed by atoms with Crippen molar-refractivity contribution in [3.63, 3.8) is 0 Å². The first kappa shape index (κ1) is 41.7. The van der Waals surface area contributed by atoms with Crippen molar-refractivity contribution < 1.29 is 76.5 Å². The normalized spacial score (nSPS) is 26.6. The molecule has 1 saturated heterocycles. The second-order valence-corrected chi connectivity index (χ2v) is 13.2. The zero-order chi connectivity index (χ0) is 40.7. The summed E-state index contributed by atoms with van der Waals surface area (Å²) >= 11 is 0. The van der Waals surface area contributed by atoms with Crippen LogP contribution in [0.1, 0.15) is 52.3 Å². The van der Waals surface area contributed by atoms with Crippen LogP contribution < -0.4 is 0 Å². The number of fused-ring (bicyclic) bond motifs is 2. The van der Waals surface area contributed by atoms with E-state index in [-0.39, 0.29) is 24.2 Å². The number of hydrogen-bond donors (Lipinski definition) is 1. The Labute approximate surface area is 321 Å². The fraction of sp³-hybridized carbons (Fsp3) is 0.500. The number of aliphatic hydroxyl groups is 1. The number of aliphatic hydroxyl groups excluding tert-OH is 1. The maximum atomic E-state index is 13.3. The molecule has 18 nitrogen and oxygen atoms in total. The number of para-hydroxylation sites is 1. The maximum absolute atomic E-state index is 13.3. The average Bonchev–Trinajstić information content (AvgIpc) is 3.44. The third kappa shape index (κ3) is 9.32. The molecule has 0 spiro atoms. The lowest BCUT2D eigenvalue weighted by Gasteiger charge is -2.44. The second kappa shape index (κ2) is 18.0. The predicted octanol–water partition coefficient (Wildman–Crippen LogP) is 2.27. The van der Waals surface area contributed by atoms with Gasteiger partial charge in [0.15, 0.2) is 36.5 Å². The fourth-order valence-corrected chi connectivity index (χ4v) is 6.77. The number of rotatable bonds is 13. The Morgan fingerprint density at radius 2 is 1.62 bits per heavy atom. The smallest absolute Gasteiger partial charge is 0.463 e. The van der Waals surface area contributed by atoms with E-state index in [1.807, 2.05) is 42.3 Å². The number of carbonyl (C=O) groups is 6. The molecule has 56 heavy (non-hydrogen) atoms. The van der Waals surface area contributed by atoms with Crippen molar-refractivity contribution in [1.82, 2.24) is 9.88 Å². The van der Waals surface area contributed by atoms with Crippen LogP contribution in [0.15, 0.2) is 47.6 Å². The van der Waals surface area contributed by atoms with Gasteiger partial charge in [-0.25, -0.2) is 9.78 Å². The topological polar surface area (TPSA) is 222 Å². The molecule has 18 heteroatoms. The molecule has 2 aromatic rings. The average molecular weight is 785 g/mol. The number of hydrogen-bond acceptors (Lipinski definition) is 18. The molecule has 7 unspecified atom stereocenters. The number of nitrogens with zero attached hydrogens (tertiary/aromatic N) is 2. The van der Waals surface area contributed by atoms with Crippen LogP contribution >= 0.6 is 0 Å². The van der Waals surface area contributed by atoms with E-state index in [0.29, 0.717) is 24.2 Å². The number of pyridine rings is 1. The van der Waals surface area contributed by atoms with Crippen LogP contribution in [0, 0.1) is 0 Å². The highest BCUT2D eigenvalue weighted by atomic mass is 16.8. The quantitative estimate of drug-likeness (QED) is 0.133. The van der Waals surface area contributed by atoms with Crippen LogP contribution in [0.5, 0.6) is 0 Å². The van der Waals surface area contributed by atoms with Crippen LogP contribution in [0.4, 0.5) is 4.79 Å². The Bertz CT molecular complexity index is 1910. The van der Waals surface area contributed by atoms with E-state index in [9.17, 15) is 33.9 Å². The van der Waals surface area contributed by atoms with Gasteiger partial charge in [-0.2, -0.15) is 0 Å². The summed E-state index contributed by atoms with van der Waals surface area (Å²) in [6, 6.07) is 9.68. The Hall–Kier alpha value is -5.43. The largest absolute Gasteiger partial charge is 0.509 e. The Kier molecular flexibility index (Phi) is 13.4. The number of aromatic nitrogens is 1. The zero-order valence-electron chi connectivity index (χ0n) is 31.7. The lowest BCUT2D eigenvalue weighted by Crippen LogP contribution is -2.63. The molecule has 0 radical (unpaired) electrons. The van der Waals surface area contributed by atoms with Crippen LogP contribution in [0.2, 0.25) is 0 Å². The summed E-state index contributed by atoms with van der Waals surface area (Å²) < 4.78 is 49.4. The highest BCUT2D eigenvalue weighted by molar-refractivity contribution is 5.85. The molecule has 1 N–H and O–H groups in total. The van der Waals surface area contributed by atoms with Gasteiger partial charge >= 0.3 is 30.0 Å². The van der Waals surface area contributed by atoms with Gasteiger partial charge in [0.05, 0.1) is 30.1 Å². The molecule has 0 saturated carbocycles. The van der Waals surface area contributed by atoms with Gasteiger partial charge < -0.3 is 52.6 Å². The van der Waals surface area contributed by atoms with Gasteiger partial charge in [0.2, 0.25) is 0 Å². The second-order valence-electron chi connectivity index (χ2n) is 13.2. The molecule has 0 aliphatic carbocycles. The van der Waals surface area contributed by atoms with Crippen molar-refractivity contribution in [2.24, 2.45) is 0 Å². The van der Waals surface area contributed by atoms with E-state index >= 15 is 0 Å². The van der Waals surface area contributed by atoms with Crippen molar-refractivity contribution in [2.75, 3.05) is 33.5 Å². The van der Waals surface area contributed by atoms with Crippen LogP contribution in [-0.4, -0.2) is 127 Å². The minimum Gasteiger partial charge on any atom is -0.463 e. The van der Waals surface area contributed by atoms with E-state index in [0.717, 1.165) is 44.2 Å². The first-order chi connectivity index (χ1) is 26.7. The summed E-state index contributed by atoms with van der Waals surface area (Å²) in [6.07, 6.45) is -7.87.